The molecular weight excluding hydrogens is 244 g/mol. The molecule has 2 rings (SSSR count). The van der Waals surface area contributed by atoms with Crippen LogP contribution in [0.2, 0.25) is 0 Å². The Hall–Kier alpha value is -2.15. The maximum Gasteiger partial charge on any atom is 0.166 e. The van der Waals surface area contributed by atoms with Gasteiger partial charge in [0.25, 0.3) is 0 Å². The third kappa shape index (κ3) is 3.92. The van der Waals surface area contributed by atoms with E-state index in [1.165, 1.54) is 5.56 Å². The van der Waals surface area contributed by atoms with Crippen LogP contribution in [0.15, 0.2) is 72.8 Å². The number of hydrogen-bond acceptors (Lipinski definition) is 1. The highest BCUT2D eigenvalue weighted by atomic mass is 16.1. The van der Waals surface area contributed by atoms with Crippen LogP contribution in [0, 0.1) is 5.92 Å². The van der Waals surface area contributed by atoms with Gasteiger partial charge in [-0.05, 0) is 25.3 Å². The van der Waals surface area contributed by atoms with Crippen LogP contribution in [0.4, 0.5) is 0 Å². The molecule has 102 valence electrons. The van der Waals surface area contributed by atoms with Crippen molar-refractivity contribution in [2.24, 2.45) is 5.92 Å². The lowest BCUT2D eigenvalue weighted by Gasteiger charge is -2.14. The van der Waals surface area contributed by atoms with Gasteiger partial charge in [0.05, 0.1) is 0 Å². The van der Waals surface area contributed by atoms with Crippen LogP contribution < -0.4 is 0 Å². The molecule has 0 radical (unpaired) electrons. The zero-order chi connectivity index (χ0) is 14.2. The molecule has 1 atom stereocenters. The number of carbonyl (C=O) groups is 1. The molecule has 1 nitrogen and oxygen atoms in total. The van der Waals surface area contributed by atoms with E-state index in [1.807, 2.05) is 61.5 Å². The van der Waals surface area contributed by atoms with Gasteiger partial charge < -0.3 is 0 Å². The maximum absolute atomic E-state index is 12.6. The molecule has 0 N–H and O–H groups in total. The molecule has 0 saturated heterocycles. The highest BCUT2D eigenvalue weighted by Gasteiger charge is 2.19. The molecule has 0 saturated carbocycles. The number of allylic oxidation sites excluding steroid dienone is 2. The van der Waals surface area contributed by atoms with Crippen LogP contribution in [-0.2, 0) is 6.42 Å². The monoisotopic (exact) mass is 264 g/mol. The molecule has 0 aliphatic carbocycles. The molecule has 0 aliphatic rings. The van der Waals surface area contributed by atoms with Crippen molar-refractivity contribution in [3.8, 4) is 0 Å². The molecule has 0 amide bonds. The Bertz CT molecular complexity index is 555. The Balaban J connectivity index is 2.17. The van der Waals surface area contributed by atoms with Gasteiger partial charge in [0.1, 0.15) is 0 Å². The Kier molecular flexibility index (Phi) is 5.31. The molecule has 2 aromatic carbocycles. The first-order valence-corrected chi connectivity index (χ1v) is 7.05. The van der Waals surface area contributed by atoms with Crippen molar-refractivity contribution in [1.29, 1.82) is 0 Å². The minimum absolute atomic E-state index is 0.0102. The molecule has 0 fully saturated rings. The summed E-state index contributed by atoms with van der Waals surface area (Å²) >= 11 is 0. The van der Waals surface area contributed by atoms with Crippen molar-refractivity contribution in [2.45, 2.75) is 19.8 Å². The third-order valence-corrected chi connectivity index (χ3v) is 3.41. The lowest BCUT2D eigenvalue weighted by Crippen LogP contribution is -2.17. The van der Waals surface area contributed by atoms with E-state index in [4.69, 9.17) is 0 Å². The summed E-state index contributed by atoms with van der Waals surface area (Å²) in [7, 11) is 0. The van der Waals surface area contributed by atoms with Crippen LogP contribution in [0.1, 0.15) is 29.3 Å². The Labute approximate surface area is 121 Å². The molecule has 0 aromatic heterocycles. The van der Waals surface area contributed by atoms with Crippen molar-refractivity contribution >= 4 is 5.78 Å². The molecule has 0 spiro atoms. The topological polar surface area (TPSA) is 17.1 Å². The first-order chi connectivity index (χ1) is 9.81. The second-order valence-electron chi connectivity index (χ2n) is 4.92. The molecule has 2 aromatic rings. The minimum atomic E-state index is 0.0102. The molecule has 0 bridgehead atoms. The van der Waals surface area contributed by atoms with Crippen LogP contribution in [-0.4, -0.2) is 5.78 Å². The van der Waals surface area contributed by atoms with E-state index in [0.717, 1.165) is 18.4 Å². The predicted octanol–water partition coefficient (Wildman–Crippen LogP) is 4.69. The van der Waals surface area contributed by atoms with Crippen LogP contribution >= 0.6 is 0 Å². The summed E-state index contributed by atoms with van der Waals surface area (Å²) in [6.45, 7) is 1.99. The van der Waals surface area contributed by atoms with Gasteiger partial charge in [-0.25, -0.2) is 0 Å². The maximum atomic E-state index is 12.6. The largest absolute Gasteiger partial charge is 0.294 e. The van der Waals surface area contributed by atoms with Gasteiger partial charge in [-0.15, -0.1) is 0 Å². The van der Waals surface area contributed by atoms with Crippen molar-refractivity contribution in [2.75, 3.05) is 0 Å². The van der Waals surface area contributed by atoms with Crippen molar-refractivity contribution in [1.82, 2.24) is 0 Å². The van der Waals surface area contributed by atoms with Gasteiger partial charge in [-0.3, -0.25) is 4.79 Å². The van der Waals surface area contributed by atoms with E-state index in [1.54, 1.807) is 0 Å². The summed E-state index contributed by atoms with van der Waals surface area (Å²) in [5, 5.41) is 0. The lowest BCUT2D eigenvalue weighted by molar-refractivity contribution is 0.0920. The molecule has 20 heavy (non-hydrogen) atoms. The second-order valence-corrected chi connectivity index (χ2v) is 4.92. The SMILES string of the molecule is C/C=C/CC(Cc1ccccc1)C(=O)c1ccccc1. The molecule has 0 heterocycles. The van der Waals surface area contributed by atoms with Crippen LogP contribution in [0.5, 0.6) is 0 Å². The van der Waals surface area contributed by atoms with Crippen LogP contribution in [0.3, 0.4) is 0 Å². The fraction of sp³-hybridized carbons (Fsp3) is 0.211. The van der Waals surface area contributed by atoms with E-state index < -0.39 is 0 Å². The summed E-state index contributed by atoms with van der Waals surface area (Å²) < 4.78 is 0. The number of benzene rings is 2. The van der Waals surface area contributed by atoms with E-state index in [0.29, 0.717) is 0 Å². The number of carbonyl (C=O) groups excluding carboxylic acids is 1. The average molecular weight is 264 g/mol. The summed E-state index contributed by atoms with van der Waals surface area (Å²) in [6, 6.07) is 19.8. The second kappa shape index (κ2) is 7.44. The van der Waals surface area contributed by atoms with Gasteiger partial charge in [0.2, 0.25) is 0 Å². The summed E-state index contributed by atoms with van der Waals surface area (Å²) in [6.07, 6.45) is 5.67. The molecule has 0 aliphatic heterocycles. The van der Waals surface area contributed by atoms with E-state index in [-0.39, 0.29) is 11.7 Å². The predicted molar refractivity (Wildman–Crippen MR) is 83.8 cm³/mol. The quantitative estimate of drug-likeness (QED) is 0.546. The Morgan fingerprint density at radius 2 is 1.60 bits per heavy atom. The van der Waals surface area contributed by atoms with Crippen LogP contribution in [0.25, 0.3) is 0 Å². The first kappa shape index (κ1) is 14.3. The zero-order valence-corrected chi connectivity index (χ0v) is 11.8. The minimum Gasteiger partial charge on any atom is -0.294 e. The van der Waals surface area contributed by atoms with Crippen molar-refractivity contribution < 1.29 is 4.79 Å². The summed E-state index contributed by atoms with van der Waals surface area (Å²) in [4.78, 5) is 12.6. The van der Waals surface area contributed by atoms with Crippen molar-refractivity contribution in [3.63, 3.8) is 0 Å². The third-order valence-electron chi connectivity index (χ3n) is 3.41. The van der Waals surface area contributed by atoms with E-state index in [2.05, 4.69) is 18.2 Å². The highest BCUT2D eigenvalue weighted by Crippen LogP contribution is 2.18. The van der Waals surface area contributed by atoms with E-state index in [9.17, 15) is 4.79 Å². The average Bonchev–Trinajstić information content (AvgIpc) is 2.52. The Morgan fingerprint density at radius 3 is 2.20 bits per heavy atom. The zero-order valence-electron chi connectivity index (χ0n) is 11.8. The standard InChI is InChI=1S/C19H20O/c1-2-3-12-18(15-16-10-6-4-7-11-16)19(20)17-13-8-5-9-14-17/h2-11,13-14,18H,12,15H2,1H3/b3-2+. The molecule has 1 unspecified atom stereocenters. The van der Waals surface area contributed by atoms with E-state index >= 15 is 0 Å². The fourth-order valence-electron chi connectivity index (χ4n) is 2.32. The van der Waals surface area contributed by atoms with Gasteiger partial charge in [0, 0.05) is 11.5 Å². The molecular formula is C19H20O. The number of Topliss-reactive ketones (excluding diaryl/α,β-unsaturated/α-hetero) is 1. The van der Waals surface area contributed by atoms with Gasteiger partial charge in [-0.2, -0.15) is 0 Å². The normalized spacial score (nSPS) is 12.4. The highest BCUT2D eigenvalue weighted by molar-refractivity contribution is 5.98. The van der Waals surface area contributed by atoms with Gasteiger partial charge in [0.15, 0.2) is 5.78 Å². The summed E-state index contributed by atoms with van der Waals surface area (Å²) in [5.41, 5.74) is 2.02. The summed E-state index contributed by atoms with van der Waals surface area (Å²) in [5.74, 6) is 0.239. The van der Waals surface area contributed by atoms with Crippen molar-refractivity contribution in [3.05, 3.63) is 83.9 Å². The van der Waals surface area contributed by atoms with Gasteiger partial charge in [-0.1, -0.05) is 72.8 Å². The number of hydrogen-bond donors (Lipinski definition) is 0. The fourth-order valence-corrected chi connectivity index (χ4v) is 2.32. The smallest absolute Gasteiger partial charge is 0.166 e. The van der Waals surface area contributed by atoms with Gasteiger partial charge >= 0.3 is 0 Å². The first-order valence-electron chi connectivity index (χ1n) is 7.05. The number of ketones is 1. The number of rotatable bonds is 6. The lowest BCUT2D eigenvalue weighted by atomic mass is 9.88. The molecule has 1 heteroatoms. The Morgan fingerprint density at radius 1 is 1.00 bits per heavy atom.